The van der Waals surface area contributed by atoms with E-state index < -0.39 is 5.97 Å². The Morgan fingerprint density at radius 1 is 1.50 bits per heavy atom. The fraction of sp³-hybridized carbons (Fsp3) is 0.462. The van der Waals surface area contributed by atoms with Gasteiger partial charge in [-0.15, -0.1) is 0 Å². The first-order valence-electron chi connectivity index (χ1n) is 6.11. The van der Waals surface area contributed by atoms with Gasteiger partial charge in [0.15, 0.2) is 0 Å². The largest absolute Gasteiger partial charge is 0.478 e. The van der Waals surface area contributed by atoms with Crippen LogP contribution >= 0.6 is 0 Å². The van der Waals surface area contributed by atoms with Gasteiger partial charge >= 0.3 is 5.97 Å². The summed E-state index contributed by atoms with van der Waals surface area (Å²) in [6.07, 6.45) is 1.92. The topological polar surface area (TPSA) is 86.8 Å². The van der Waals surface area contributed by atoms with Gasteiger partial charge in [0, 0.05) is 19.7 Å². The van der Waals surface area contributed by atoms with Gasteiger partial charge in [-0.05, 0) is 30.9 Å². The van der Waals surface area contributed by atoms with Gasteiger partial charge in [0.25, 0.3) is 0 Å². The van der Waals surface area contributed by atoms with E-state index >= 15 is 0 Å². The van der Waals surface area contributed by atoms with Crippen molar-refractivity contribution in [2.45, 2.75) is 12.8 Å². The summed E-state index contributed by atoms with van der Waals surface area (Å²) in [5.41, 5.74) is 7.21. The second-order valence-electron chi connectivity index (χ2n) is 4.69. The molecule has 1 aromatic rings. The molecule has 1 fully saturated rings. The number of carboxylic acid groups (broad SMARTS) is 1. The zero-order valence-electron chi connectivity index (χ0n) is 10.2. The van der Waals surface area contributed by atoms with Crippen molar-refractivity contribution in [2.75, 3.05) is 30.3 Å². The summed E-state index contributed by atoms with van der Waals surface area (Å²) in [5, 5.41) is 18.4. The highest BCUT2D eigenvalue weighted by molar-refractivity contribution is 5.98. The fourth-order valence-electron chi connectivity index (χ4n) is 2.50. The average Bonchev–Trinajstić information content (AvgIpc) is 2.38. The molecule has 1 saturated heterocycles. The first-order valence-corrected chi connectivity index (χ1v) is 6.11. The average molecular weight is 250 g/mol. The Balaban J connectivity index is 2.34. The molecule has 1 heterocycles. The van der Waals surface area contributed by atoms with Crippen molar-refractivity contribution in [2.24, 2.45) is 5.92 Å². The number of para-hydroxylation sites is 1. The number of aliphatic hydroxyl groups is 1. The second kappa shape index (κ2) is 5.27. The molecule has 0 radical (unpaired) electrons. The van der Waals surface area contributed by atoms with E-state index in [0.29, 0.717) is 17.9 Å². The molecule has 0 saturated carbocycles. The zero-order chi connectivity index (χ0) is 13.1. The lowest BCUT2D eigenvalue weighted by Gasteiger charge is -2.35. The highest BCUT2D eigenvalue weighted by atomic mass is 16.4. The Morgan fingerprint density at radius 2 is 2.28 bits per heavy atom. The standard InChI is InChI=1S/C13H18N2O3/c14-11-5-1-4-10(13(17)18)12(11)15-6-2-3-9(7-15)8-16/h1,4-5,9,16H,2-3,6-8,14H2,(H,17,18). The molecule has 18 heavy (non-hydrogen) atoms. The summed E-state index contributed by atoms with van der Waals surface area (Å²) < 4.78 is 0. The Labute approximate surface area is 106 Å². The number of anilines is 2. The van der Waals surface area contributed by atoms with Gasteiger partial charge in [0.1, 0.15) is 0 Å². The van der Waals surface area contributed by atoms with Crippen LogP contribution in [-0.4, -0.2) is 35.9 Å². The van der Waals surface area contributed by atoms with E-state index in [1.165, 1.54) is 0 Å². The number of hydrogen-bond donors (Lipinski definition) is 3. The van der Waals surface area contributed by atoms with Crippen molar-refractivity contribution in [3.63, 3.8) is 0 Å². The lowest BCUT2D eigenvalue weighted by atomic mass is 9.97. The van der Waals surface area contributed by atoms with Crippen molar-refractivity contribution >= 4 is 17.3 Å². The summed E-state index contributed by atoms with van der Waals surface area (Å²) in [6.45, 7) is 1.57. The molecule has 98 valence electrons. The van der Waals surface area contributed by atoms with E-state index in [9.17, 15) is 15.0 Å². The lowest BCUT2D eigenvalue weighted by Crippen LogP contribution is -2.38. The summed E-state index contributed by atoms with van der Waals surface area (Å²) >= 11 is 0. The number of hydrogen-bond acceptors (Lipinski definition) is 4. The highest BCUT2D eigenvalue weighted by Gasteiger charge is 2.24. The number of piperidine rings is 1. The number of nitrogens with zero attached hydrogens (tertiary/aromatic N) is 1. The molecular weight excluding hydrogens is 232 g/mol. The van der Waals surface area contributed by atoms with Crippen LogP contribution in [0.5, 0.6) is 0 Å². The minimum Gasteiger partial charge on any atom is -0.478 e. The van der Waals surface area contributed by atoms with Gasteiger partial charge in [0.05, 0.1) is 16.9 Å². The van der Waals surface area contributed by atoms with E-state index in [-0.39, 0.29) is 18.1 Å². The molecule has 5 nitrogen and oxygen atoms in total. The van der Waals surface area contributed by atoms with Gasteiger partial charge in [-0.3, -0.25) is 0 Å². The van der Waals surface area contributed by atoms with Gasteiger partial charge in [-0.1, -0.05) is 6.07 Å². The molecule has 1 unspecified atom stereocenters. The summed E-state index contributed by atoms with van der Waals surface area (Å²) in [7, 11) is 0. The molecule has 2 rings (SSSR count). The van der Waals surface area contributed by atoms with Crippen LogP contribution in [0.3, 0.4) is 0 Å². The van der Waals surface area contributed by atoms with Crippen molar-refractivity contribution in [1.29, 1.82) is 0 Å². The van der Waals surface area contributed by atoms with Crippen LogP contribution < -0.4 is 10.6 Å². The molecule has 0 spiro atoms. The van der Waals surface area contributed by atoms with Crippen LogP contribution in [0.1, 0.15) is 23.2 Å². The number of benzene rings is 1. The maximum Gasteiger partial charge on any atom is 0.337 e. The minimum absolute atomic E-state index is 0.131. The Kier molecular flexibility index (Phi) is 3.72. The number of nitrogen functional groups attached to an aromatic ring is 1. The molecule has 1 aliphatic heterocycles. The molecular formula is C13H18N2O3. The number of rotatable bonds is 3. The number of carbonyl (C=O) groups is 1. The van der Waals surface area contributed by atoms with Crippen molar-refractivity contribution in [1.82, 2.24) is 0 Å². The lowest BCUT2D eigenvalue weighted by molar-refractivity contribution is 0.0697. The van der Waals surface area contributed by atoms with E-state index in [4.69, 9.17) is 5.73 Å². The molecule has 0 aromatic heterocycles. The first-order chi connectivity index (χ1) is 8.63. The van der Waals surface area contributed by atoms with Crippen molar-refractivity contribution in [3.8, 4) is 0 Å². The van der Waals surface area contributed by atoms with Crippen LogP contribution in [0.4, 0.5) is 11.4 Å². The highest BCUT2D eigenvalue weighted by Crippen LogP contribution is 2.31. The summed E-state index contributed by atoms with van der Waals surface area (Å²) in [4.78, 5) is 13.2. The Morgan fingerprint density at radius 3 is 2.94 bits per heavy atom. The molecule has 5 heteroatoms. The van der Waals surface area contributed by atoms with Gasteiger partial charge in [-0.25, -0.2) is 4.79 Å². The third-order valence-electron chi connectivity index (χ3n) is 3.39. The molecule has 0 bridgehead atoms. The Bertz CT molecular complexity index is 448. The maximum absolute atomic E-state index is 11.2. The maximum atomic E-state index is 11.2. The molecule has 1 atom stereocenters. The van der Waals surface area contributed by atoms with E-state index in [1.54, 1.807) is 18.2 Å². The molecule has 4 N–H and O–H groups in total. The molecule has 1 aromatic carbocycles. The molecule has 0 amide bonds. The SMILES string of the molecule is Nc1cccc(C(=O)O)c1N1CCCC(CO)C1. The molecule has 1 aliphatic rings. The summed E-state index contributed by atoms with van der Waals surface area (Å²) in [5.74, 6) is -0.775. The van der Waals surface area contributed by atoms with Gasteiger partial charge in [-0.2, -0.15) is 0 Å². The number of carboxylic acids is 1. The van der Waals surface area contributed by atoms with Crippen LogP contribution in [0.2, 0.25) is 0 Å². The van der Waals surface area contributed by atoms with E-state index in [2.05, 4.69) is 0 Å². The fourth-order valence-corrected chi connectivity index (χ4v) is 2.50. The smallest absolute Gasteiger partial charge is 0.337 e. The molecule has 0 aliphatic carbocycles. The zero-order valence-corrected chi connectivity index (χ0v) is 10.2. The number of nitrogens with two attached hydrogens (primary N) is 1. The number of aliphatic hydroxyl groups excluding tert-OH is 1. The van der Waals surface area contributed by atoms with Crippen LogP contribution in [-0.2, 0) is 0 Å². The third kappa shape index (κ3) is 2.41. The second-order valence-corrected chi connectivity index (χ2v) is 4.69. The van der Waals surface area contributed by atoms with Crippen LogP contribution in [0.25, 0.3) is 0 Å². The first kappa shape index (κ1) is 12.7. The predicted molar refractivity (Wildman–Crippen MR) is 69.8 cm³/mol. The quantitative estimate of drug-likeness (QED) is 0.701. The monoisotopic (exact) mass is 250 g/mol. The third-order valence-corrected chi connectivity index (χ3v) is 3.39. The van der Waals surface area contributed by atoms with E-state index in [0.717, 1.165) is 19.4 Å². The van der Waals surface area contributed by atoms with Gasteiger partial charge < -0.3 is 20.8 Å². The number of aromatic carboxylic acids is 1. The minimum atomic E-state index is -0.969. The van der Waals surface area contributed by atoms with Crippen LogP contribution in [0.15, 0.2) is 18.2 Å². The predicted octanol–water partition coefficient (Wildman–Crippen LogP) is 1.18. The van der Waals surface area contributed by atoms with Crippen LogP contribution in [0, 0.1) is 5.92 Å². The van der Waals surface area contributed by atoms with Crippen molar-refractivity contribution < 1.29 is 15.0 Å². The van der Waals surface area contributed by atoms with E-state index in [1.807, 2.05) is 4.90 Å². The summed E-state index contributed by atoms with van der Waals surface area (Å²) in [6, 6.07) is 4.93. The normalized spacial score (nSPS) is 19.8. The van der Waals surface area contributed by atoms with Crippen molar-refractivity contribution in [3.05, 3.63) is 23.8 Å². The Hall–Kier alpha value is -1.75. The van der Waals surface area contributed by atoms with Gasteiger partial charge in [0.2, 0.25) is 0 Å².